The summed E-state index contributed by atoms with van der Waals surface area (Å²) in [5.41, 5.74) is 0.966. The quantitative estimate of drug-likeness (QED) is 0.614. The van der Waals surface area contributed by atoms with Crippen LogP contribution in [-0.2, 0) is 11.2 Å². The highest BCUT2D eigenvalue weighted by Crippen LogP contribution is 2.27. The fourth-order valence-corrected chi connectivity index (χ4v) is 2.64. The third kappa shape index (κ3) is 4.58. The molecule has 1 saturated heterocycles. The molecule has 1 aliphatic rings. The SMILES string of the molecule is COc1cc(CCC(O)CC2C[C@@H](O)[C@H](O)CO2)ccc1O. The van der Waals surface area contributed by atoms with Crippen molar-refractivity contribution in [2.75, 3.05) is 13.7 Å². The average molecular weight is 312 g/mol. The van der Waals surface area contributed by atoms with E-state index in [1.165, 1.54) is 7.11 Å². The van der Waals surface area contributed by atoms with E-state index < -0.39 is 18.3 Å². The monoisotopic (exact) mass is 312 g/mol. The second-order valence-electron chi connectivity index (χ2n) is 5.76. The van der Waals surface area contributed by atoms with Crippen LogP contribution in [0.25, 0.3) is 0 Å². The van der Waals surface area contributed by atoms with Crippen LogP contribution in [0.1, 0.15) is 24.8 Å². The van der Waals surface area contributed by atoms with Crippen molar-refractivity contribution in [3.05, 3.63) is 23.8 Å². The number of phenolic OH excluding ortho intramolecular Hbond substituents is 1. The maximum absolute atomic E-state index is 10.1. The second kappa shape index (κ2) is 7.78. The van der Waals surface area contributed by atoms with Gasteiger partial charge in [0.25, 0.3) is 0 Å². The molecule has 1 aromatic carbocycles. The molecule has 2 rings (SSSR count). The first kappa shape index (κ1) is 17.0. The summed E-state index contributed by atoms with van der Waals surface area (Å²) >= 11 is 0. The van der Waals surface area contributed by atoms with E-state index in [1.807, 2.05) is 0 Å². The normalized spacial score (nSPS) is 26.6. The Balaban J connectivity index is 1.79. The molecule has 6 heteroatoms. The van der Waals surface area contributed by atoms with Gasteiger partial charge >= 0.3 is 0 Å². The standard InChI is InChI=1S/C16H24O6/c1-21-16-6-10(3-5-13(16)18)2-4-11(17)7-12-8-14(19)15(20)9-22-12/h3,5-6,11-12,14-15,17-20H,2,4,7-9H2,1H3/t11?,12?,14-,15-/m1/s1. The van der Waals surface area contributed by atoms with Crippen LogP contribution in [0, 0.1) is 0 Å². The zero-order chi connectivity index (χ0) is 16.1. The van der Waals surface area contributed by atoms with E-state index in [1.54, 1.807) is 18.2 Å². The van der Waals surface area contributed by atoms with E-state index in [4.69, 9.17) is 9.47 Å². The van der Waals surface area contributed by atoms with Crippen LogP contribution in [0.2, 0.25) is 0 Å². The lowest BCUT2D eigenvalue weighted by Gasteiger charge is -2.31. The highest BCUT2D eigenvalue weighted by Gasteiger charge is 2.29. The van der Waals surface area contributed by atoms with E-state index in [0.29, 0.717) is 31.4 Å². The van der Waals surface area contributed by atoms with Gasteiger partial charge in [0.2, 0.25) is 0 Å². The molecule has 4 N–H and O–H groups in total. The molecule has 0 bridgehead atoms. The number of hydrogen-bond donors (Lipinski definition) is 4. The Morgan fingerprint density at radius 1 is 1.32 bits per heavy atom. The summed E-state index contributed by atoms with van der Waals surface area (Å²) in [6, 6.07) is 5.11. The lowest BCUT2D eigenvalue weighted by Crippen LogP contribution is -2.42. The van der Waals surface area contributed by atoms with E-state index >= 15 is 0 Å². The van der Waals surface area contributed by atoms with E-state index in [2.05, 4.69) is 0 Å². The number of aromatic hydroxyl groups is 1. The molecular weight excluding hydrogens is 288 g/mol. The van der Waals surface area contributed by atoms with Crippen molar-refractivity contribution in [1.29, 1.82) is 0 Å². The van der Waals surface area contributed by atoms with Crippen LogP contribution in [0.15, 0.2) is 18.2 Å². The Bertz CT molecular complexity index is 478. The molecule has 124 valence electrons. The number of hydrogen-bond acceptors (Lipinski definition) is 6. The topological polar surface area (TPSA) is 99.4 Å². The summed E-state index contributed by atoms with van der Waals surface area (Å²) in [6.07, 6.45) is -0.438. The number of aryl methyl sites for hydroxylation is 1. The van der Waals surface area contributed by atoms with Gasteiger partial charge in [-0.25, -0.2) is 0 Å². The van der Waals surface area contributed by atoms with Crippen molar-refractivity contribution in [3.63, 3.8) is 0 Å². The molecule has 0 spiro atoms. The molecule has 0 amide bonds. The van der Waals surface area contributed by atoms with Gasteiger partial charge in [-0.05, 0) is 37.0 Å². The number of methoxy groups -OCH3 is 1. The third-order valence-corrected chi connectivity index (χ3v) is 4.00. The first-order valence-corrected chi connectivity index (χ1v) is 7.51. The number of ether oxygens (including phenoxy) is 2. The van der Waals surface area contributed by atoms with Crippen molar-refractivity contribution in [2.24, 2.45) is 0 Å². The van der Waals surface area contributed by atoms with Gasteiger partial charge in [0, 0.05) is 6.42 Å². The van der Waals surface area contributed by atoms with E-state index in [9.17, 15) is 20.4 Å². The van der Waals surface area contributed by atoms with Gasteiger partial charge in [0.1, 0.15) is 6.10 Å². The highest BCUT2D eigenvalue weighted by molar-refractivity contribution is 5.41. The fourth-order valence-electron chi connectivity index (χ4n) is 2.64. The lowest BCUT2D eigenvalue weighted by atomic mass is 9.96. The summed E-state index contributed by atoms with van der Waals surface area (Å²) < 4.78 is 10.5. The van der Waals surface area contributed by atoms with Crippen molar-refractivity contribution >= 4 is 0 Å². The largest absolute Gasteiger partial charge is 0.504 e. The molecule has 1 heterocycles. The number of benzene rings is 1. The van der Waals surface area contributed by atoms with Gasteiger partial charge in [-0.2, -0.15) is 0 Å². The van der Waals surface area contributed by atoms with Gasteiger partial charge in [0.15, 0.2) is 11.5 Å². The minimum atomic E-state index is -0.835. The van der Waals surface area contributed by atoms with E-state index in [-0.39, 0.29) is 18.5 Å². The zero-order valence-corrected chi connectivity index (χ0v) is 12.7. The molecule has 2 unspecified atom stereocenters. The summed E-state index contributed by atoms with van der Waals surface area (Å²) in [7, 11) is 1.49. The molecular formula is C16H24O6. The van der Waals surface area contributed by atoms with Gasteiger partial charge in [-0.15, -0.1) is 0 Å². The van der Waals surface area contributed by atoms with Crippen LogP contribution >= 0.6 is 0 Å². The van der Waals surface area contributed by atoms with Gasteiger partial charge < -0.3 is 29.9 Å². The van der Waals surface area contributed by atoms with Crippen molar-refractivity contribution < 1.29 is 29.9 Å². The minimum absolute atomic E-state index is 0.0925. The fraction of sp³-hybridized carbons (Fsp3) is 0.625. The van der Waals surface area contributed by atoms with Gasteiger partial charge in [0.05, 0.1) is 32.0 Å². The summed E-state index contributed by atoms with van der Waals surface area (Å²) in [5.74, 6) is 0.509. The first-order valence-electron chi connectivity index (χ1n) is 7.51. The lowest BCUT2D eigenvalue weighted by molar-refractivity contribution is -0.129. The smallest absolute Gasteiger partial charge is 0.160 e. The maximum Gasteiger partial charge on any atom is 0.160 e. The molecule has 1 aromatic rings. The van der Waals surface area contributed by atoms with Crippen molar-refractivity contribution in [3.8, 4) is 11.5 Å². The molecule has 1 aliphatic heterocycles. The summed E-state index contributed by atoms with van der Waals surface area (Å²) in [5, 5.41) is 38.6. The van der Waals surface area contributed by atoms with Crippen LogP contribution in [0.5, 0.6) is 11.5 Å². The molecule has 4 atom stereocenters. The predicted octanol–water partition coefficient (Wildman–Crippen LogP) is 0.595. The molecule has 0 saturated carbocycles. The molecule has 22 heavy (non-hydrogen) atoms. The summed E-state index contributed by atoms with van der Waals surface area (Å²) in [4.78, 5) is 0. The number of rotatable bonds is 6. The van der Waals surface area contributed by atoms with Gasteiger partial charge in [-0.3, -0.25) is 0 Å². The van der Waals surface area contributed by atoms with Crippen molar-refractivity contribution in [1.82, 2.24) is 0 Å². The maximum atomic E-state index is 10.1. The zero-order valence-electron chi connectivity index (χ0n) is 12.7. The predicted molar refractivity (Wildman–Crippen MR) is 80.0 cm³/mol. The highest BCUT2D eigenvalue weighted by atomic mass is 16.5. The average Bonchev–Trinajstić information content (AvgIpc) is 2.50. The van der Waals surface area contributed by atoms with Crippen molar-refractivity contribution in [2.45, 2.75) is 50.1 Å². The van der Waals surface area contributed by atoms with Crippen LogP contribution < -0.4 is 4.74 Å². The Kier molecular flexibility index (Phi) is 6.02. The molecule has 6 nitrogen and oxygen atoms in total. The van der Waals surface area contributed by atoms with Crippen LogP contribution in [0.4, 0.5) is 0 Å². The molecule has 0 radical (unpaired) electrons. The number of phenols is 1. The summed E-state index contributed by atoms with van der Waals surface area (Å²) in [6.45, 7) is 0.105. The van der Waals surface area contributed by atoms with Gasteiger partial charge in [-0.1, -0.05) is 6.07 Å². The third-order valence-electron chi connectivity index (χ3n) is 4.00. The Morgan fingerprint density at radius 2 is 2.09 bits per heavy atom. The first-order chi connectivity index (χ1) is 10.5. The minimum Gasteiger partial charge on any atom is -0.504 e. The number of aliphatic hydroxyl groups is 3. The number of aliphatic hydroxyl groups excluding tert-OH is 3. The Labute approximate surface area is 129 Å². The Morgan fingerprint density at radius 3 is 2.77 bits per heavy atom. The van der Waals surface area contributed by atoms with Crippen LogP contribution in [-0.4, -0.2) is 58.6 Å². The molecule has 0 aliphatic carbocycles. The second-order valence-corrected chi connectivity index (χ2v) is 5.76. The van der Waals surface area contributed by atoms with E-state index in [0.717, 1.165) is 5.56 Å². The molecule has 1 fully saturated rings. The molecule has 0 aromatic heterocycles. The van der Waals surface area contributed by atoms with Crippen LogP contribution in [0.3, 0.4) is 0 Å². The Hall–Kier alpha value is -1.34.